The van der Waals surface area contributed by atoms with Gasteiger partial charge in [-0.15, -0.1) is 0 Å². The molecule has 47 heavy (non-hydrogen) atoms. The van der Waals surface area contributed by atoms with Crippen molar-refractivity contribution >= 4 is 33.2 Å². The third kappa shape index (κ3) is 8.42. The van der Waals surface area contributed by atoms with E-state index in [1.165, 1.54) is 10.4 Å². The molecular formula is C36H46ClFN4O4S. The van der Waals surface area contributed by atoms with Crippen LogP contribution in [0.1, 0.15) is 64.0 Å². The summed E-state index contributed by atoms with van der Waals surface area (Å²) < 4.78 is 50.3. The number of hydrogen-bond donors (Lipinski definition) is 3. The van der Waals surface area contributed by atoms with Gasteiger partial charge in [0.25, 0.3) is 0 Å². The van der Waals surface area contributed by atoms with Crippen LogP contribution in [0.2, 0.25) is 5.02 Å². The molecule has 1 unspecified atom stereocenters. The van der Waals surface area contributed by atoms with Gasteiger partial charge < -0.3 is 21.1 Å². The van der Waals surface area contributed by atoms with Crippen LogP contribution in [-0.2, 0) is 26.0 Å². The van der Waals surface area contributed by atoms with Gasteiger partial charge in [-0.3, -0.25) is 4.79 Å². The van der Waals surface area contributed by atoms with Crippen molar-refractivity contribution in [2.45, 2.75) is 87.5 Å². The Kier molecular flexibility index (Phi) is 10.8. The molecule has 0 spiro atoms. The van der Waals surface area contributed by atoms with Crippen LogP contribution in [-0.4, -0.2) is 61.6 Å². The number of carbonyl (C=O) groups is 1. The van der Waals surface area contributed by atoms with E-state index in [1.54, 1.807) is 54.6 Å². The molecule has 254 valence electrons. The minimum atomic E-state index is -3.74. The first kappa shape index (κ1) is 35.4. The maximum absolute atomic E-state index is 15.4. The summed E-state index contributed by atoms with van der Waals surface area (Å²) in [6.45, 7) is 9.49. The number of amides is 1. The molecule has 0 aliphatic carbocycles. The molecule has 11 heteroatoms. The van der Waals surface area contributed by atoms with E-state index in [0.717, 1.165) is 5.56 Å². The molecule has 3 aromatic carbocycles. The topological polar surface area (TPSA) is 114 Å². The fourth-order valence-electron chi connectivity index (χ4n) is 7.53. The normalized spacial score (nSPS) is 21.6. The number of ether oxygens (including phenoxy) is 1. The van der Waals surface area contributed by atoms with Gasteiger partial charge in [0.2, 0.25) is 15.9 Å². The lowest BCUT2D eigenvalue weighted by molar-refractivity contribution is -0.176. The smallest absolute Gasteiger partial charge is 0.243 e. The average molecular weight is 685 g/mol. The van der Waals surface area contributed by atoms with Gasteiger partial charge in [0.15, 0.2) is 0 Å². The number of anilines is 1. The summed E-state index contributed by atoms with van der Waals surface area (Å²) in [6, 6.07) is 19.0. The molecule has 3 atom stereocenters. The second-order valence-electron chi connectivity index (χ2n) is 14.0. The van der Waals surface area contributed by atoms with E-state index < -0.39 is 45.0 Å². The zero-order valence-electron chi connectivity index (χ0n) is 27.5. The molecule has 0 saturated carbocycles. The molecule has 2 saturated heterocycles. The molecule has 2 aliphatic heterocycles. The summed E-state index contributed by atoms with van der Waals surface area (Å²) in [6.07, 6.45) is 1.98. The quantitative estimate of drug-likeness (QED) is 0.238. The third-order valence-electron chi connectivity index (χ3n) is 9.26. The van der Waals surface area contributed by atoms with Gasteiger partial charge in [-0.05, 0) is 101 Å². The Morgan fingerprint density at radius 1 is 1.04 bits per heavy atom. The van der Waals surface area contributed by atoms with E-state index in [1.807, 2.05) is 12.1 Å². The Morgan fingerprint density at radius 3 is 2.36 bits per heavy atom. The summed E-state index contributed by atoms with van der Waals surface area (Å²) in [5, 5.41) is 6.80. The summed E-state index contributed by atoms with van der Waals surface area (Å²) >= 11 is 6.22. The number of rotatable bonds is 10. The lowest BCUT2D eigenvalue weighted by Crippen LogP contribution is -2.53. The van der Waals surface area contributed by atoms with Gasteiger partial charge in [-0.2, -0.15) is 4.31 Å². The standard InChI is InChI=1S/C36H46ClFN4O4S/c1-35(2)21-25(22-36(3,4)46-35)32(24-13-15-26(37)16-14-24)33(39)34(43)41-31-12-8-11-30(38)29(31)18-17-27-23-40-19-20-42(27)47(44,45)28-9-6-5-7-10-28/h5-16,25,27,32-33,40H,17-23,39H2,1-4H3,(H,41,43)/t27-,32?,33-/m0/s1. The van der Waals surface area contributed by atoms with E-state index in [2.05, 4.69) is 38.3 Å². The predicted molar refractivity (Wildman–Crippen MR) is 184 cm³/mol. The lowest BCUT2D eigenvalue weighted by atomic mass is 9.69. The number of nitrogens with zero attached hydrogens (tertiary/aromatic N) is 1. The van der Waals surface area contributed by atoms with Gasteiger partial charge in [-0.25, -0.2) is 12.8 Å². The van der Waals surface area contributed by atoms with Crippen molar-refractivity contribution in [3.8, 4) is 0 Å². The molecule has 1 amide bonds. The molecule has 2 heterocycles. The largest absolute Gasteiger partial charge is 0.370 e. The number of carbonyl (C=O) groups excluding carboxylic acids is 1. The fraction of sp³-hybridized carbons (Fsp3) is 0.472. The fourth-order valence-corrected chi connectivity index (χ4v) is 9.33. The Hall–Kier alpha value is -2.86. The van der Waals surface area contributed by atoms with E-state index in [4.69, 9.17) is 22.1 Å². The van der Waals surface area contributed by atoms with Crippen molar-refractivity contribution in [2.75, 3.05) is 25.0 Å². The highest BCUT2D eigenvalue weighted by atomic mass is 35.5. The van der Waals surface area contributed by atoms with Crippen molar-refractivity contribution in [1.29, 1.82) is 0 Å². The Labute approximate surface area is 283 Å². The number of sulfonamides is 1. The molecule has 2 fully saturated rings. The summed E-state index contributed by atoms with van der Waals surface area (Å²) in [5.41, 5.74) is 7.53. The average Bonchev–Trinajstić information content (AvgIpc) is 3.01. The molecule has 5 rings (SSSR count). The van der Waals surface area contributed by atoms with Crippen LogP contribution < -0.4 is 16.4 Å². The van der Waals surface area contributed by atoms with E-state index in [9.17, 15) is 13.2 Å². The van der Waals surface area contributed by atoms with E-state index >= 15 is 4.39 Å². The Morgan fingerprint density at radius 2 is 1.70 bits per heavy atom. The zero-order valence-corrected chi connectivity index (χ0v) is 29.1. The van der Waals surface area contributed by atoms with Crippen LogP contribution in [0.5, 0.6) is 0 Å². The van der Waals surface area contributed by atoms with Crippen molar-refractivity contribution < 1.29 is 22.3 Å². The molecule has 8 nitrogen and oxygen atoms in total. The number of benzene rings is 3. The van der Waals surface area contributed by atoms with Gasteiger partial charge in [0.05, 0.1) is 22.1 Å². The minimum absolute atomic E-state index is 0.0269. The van der Waals surface area contributed by atoms with Gasteiger partial charge in [0.1, 0.15) is 5.82 Å². The van der Waals surface area contributed by atoms with Gasteiger partial charge in [0, 0.05) is 47.9 Å². The van der Waals surface area contributed by atoms with Crippen LogP contribution >= 0.6 is 11.6 Å². The molecular weight excluding hydrogens is 639 g/mol. The zero-order chi connectivity index (χ0) is 34.0. The second-order valence-corrected chi connectivity index (χ2v) is 16.3. The van der Waals surface area contributed by atoms with Crippen LogP contribution in [0.15, 0.2) is 77.7 Å². The highest BCUT2D eigenvalue weighted by molar-refractivity contribution is 7.89. The van der Waals surface area contributed by atoms with Crippen LogP contribution in [0.4, 0.5) is 10.1 Å². The molecule has 0 bridgehead atoms. The van der Waals surface area contributed by atoms with Crippen molar-refractivity contribution in [2.24, 2.45) is 11.7 Å². The summed E-state index contributed by atoms with van der Waals surface area (Å²) in [7, 11) is -3.74. The first-order valence-corrected chi connectivity index (χ1v) is 18.1. The van der Waals surface area contributed by atoms with E-state index in [0.29, 0.717) is 55.2 Å². The Balaban J connectivity index is 1.37. The van der Waals surface area contributed by atoms with Crippen molar-refractivity contribution in [3.05, 3.63) is 94.8 Å². The van der Waals surface area contributed by atoms with Gasteiger partial charge in [-0.1, -0.05) is 48.0 Å². The predicted octanol–water partition coefficient (Wildman–Crippen LogP) is 6.11. The molecule has 4 N–H and O–H groups in total. The number of halogens is 2. The van der Waals surface area contributed by atoms with Gasteiger partial charge >= 0.3 is 0 Å². The lowest BCUT2D eigenvalue weighted by Gasteiger charge is -2.48. The number of nitrogens with one attached hydrogen (secondary N) is 2. The molecule has 0 aromatic heterocycles. The highest BCUT2D eigenvalue weighted by Crippen LogP contribution is 2.46. The summed E-state index contributed by atoms with van der Waals surface area (Å²) in [5.74, 6) is -1.22. The van der Waals surface area contributed by atoms with E-state index in [-0.39, 0.29) is 23.2 Å². The number of hydrogen-bond acceptors (Lipinski definition) is 6. The number of nitrogens with two attached hydrogens (primary N) is 1. The minimum Gasteiger partial charge on any atom is -0.370 e. The first-order valence-electron chi connectivity index (χ1n) is 16.2. The third-order valence-corrected chi connectivity index (χ3v) is 11.5. The maximum atomic E-state index is 15.4. The second kappa shape index (κ2) is 14.3. The molecule has 0 radical (unpaired) electrons. The summed E-state index contributed by atoms with van der Waals surface area (Å²) in [4.78, 5) is 14.2. The maximum Gasteiger partial charge on any atom is 0.243 e. The van der Waals surface area contributed by atoms with Crippen molar-refractivity contribution in [1.82, 2.24) is 9.62 Å². The SMILES string of the molecule is CC1(C)CC(C(c2ccc(Cl)cc2)[C@H](N)C(=O)Nc2cccc(F)c2CC[C@H]2CNCCN2S(=O)(=O)c2ccccc2)CC(C)(C)O1. The molecule has 2 aliphatic rings. The van der Waals surface area contributed by atoms with Crippen molar-refractivity contribution in [3.63, 3.8) is 0 Å². The Bertz CT molecular complexity index is 1640. The number of piperazine rings is 1. The monoisotopic (exact) mass is 684 g/mol. The van der Waals surface area contributed by atoms with Crippen LogP contribution in [0.3, 0.4) is 0 Å². The van der Waals surface area contributed by atoms with Crippen LogP contribution in [0, 0.1) is 11.7 Å². The van der Waals surface area contributed by atoms with Crippen LogP contribution in [0.25, 0.3) is 0 Å². The highest BCUT2D eigenvalue weighted by Gasteiger charge is 2.45. The molecule has 3 aromatic rings. The first-order chi connectivity index (χ1) is 22.2.